The Balaban J connectivity index is 1.50. The van der Waals surface area contributed by atoms with Gasteiger partial charge in [0, 0.05) is 24.8 Å². The molecular weight excluding hydrogens is 498 g/mol. The van der Waals surface area contributed by atoms with Gasteiger partial charge in [0.1, 0.15) is 13.7 Å². The fraction of sp³-hybridized carbons (Fsp3) is 0.619. The van der Waals surface area contributed by atoms with E-state index in [9.17, 15) is 9.18 Å². The lowest BCUT2D eigenvalue weighted by molar-refractivity contribution is -0.136. The first-order valence-electron chi connectivity index (χ1n) is 10.3. The van der Waals surface area contributed by atoms with Gasteiger partial charge in [0.2, 0.25) is 5.91 Å². The van der Waals surface area contributed by atoms with Crippen molar-refractivity contribution in [3.05, 3.63) is 23.5 Å². The maximum atomic E-state index is 13.8. The van der Waals surface area contributed by atoms with Gasteiger partial charge in [-0.25, -0.2) is 4.98 Å². The second-order valence-electron chi connectivity index (χ2n) is 9.16. The highest BCUT2D eigenvalue weighted by Gasteiger charge is 2.40. The van der Waals surface area contributed by atoms with E-state index in [0.717, 1.165) is 60.1 Å². The molecule has 1 saturated carbocycles. The van der Waals surface area contributed by atoms with Gasteiger partial charge in [-0.05, 0) is 57.1 Å². The summed E-state index contributed by atoms with van der Waals surface area (Å²) in [6.07, 6.45) is 3.23. The molecule has 2 fully saturated rings. The van der Waals surface area contributed by atoms with E-state index < -0.39 is 5.57 Å². The predicted octanol–water partition coefficient (Wildman–Crippen LogP) is 3.77. The van der Waals surface area contributed by atoms with Gasteiger partial charge in [0.15, 0.2) is 0 Å². The van der Waals surface area contributed by atoms with Crippen LogP contribution in [0.3, 0.4) is 0 Å². The maximum absolute atomic E-state index is 13.8. The van der Waals surface area contributed by atoms with Gasteiger partial charge in [-0.15, -0.1) is 9.24 Å². The Kier molecular flexibility index (Phi) is 5.78. The molecule has 29 heavy (non-hydrogen) atoms. The number of H-pyrrole nitrogens is 1. The molecule has 1 saturated heterocycles. The van der Waals surface area contributed by atoms with E-state index in [1.54, 1.807) is 0 Å². The molecule has 2 radical (unpaired) electrons. The van der Waals surface area contributed by atoms with Gasteiger partial charge in [-0.1, -0.05) is 28.7 Å². The largest absolute Gasteiger partial charge is 0.342 e. The lowest BCUT2D eigenvalue weighted by atomic mass is 9.68. The third-order valence-corrected chi connectivity index (χ3v) is 7.67. The van der Waals surface area contributed by atoms with E-state index in [2.05, 4.69) is 43.7 Å². The normalized spacial score (nSPS) is 27.6. The number of hydrogen-bond donors (Lipinski definition) is 1. The van der Waals surface area contributed by atoms with Crippen molar-refractivity contribution < 1.29 is 9.18 Å². The van der Waals surface area contributed by atoms with E-state index in [-0.39, 0.29) is 15.2 Å². The van der Waals surface area contributed by atoms with Crippen LogP contribution < -0.4 is 5.30 Å². The number of aromatic nitrogens is 2. The number of likely N-dealkylation sites (tertiary alicyclic amines) is 1. The number of nitrogens with one attached hydrogen (secondary N) is 1. The van der Waals surface area contributed by atoms with Crippen LogP contribution in [0.15, 0.2) is 12.1 Å². The summed E-state index contributed by atoms with van der Waals surface area (Å²) in [7, 11) is 8.39. The number of fused-ring (bicyclic) bond motifs is 1. The number of alkyl halides is 2. The van der Waals surface area contributed by atoms with Crippen LogP contribution in [0.2, 0.25) is 0 Å². The number of imidazole rings is 1. The second-order valence-corrected chi connectivity index (χ2v) is 12.3. The Morgan fingerprint density at radius 2 is 2.10 bits per heavy atom. The first-order chi connectivity index (χ1) is 13.5. The van der Waals surface area contributed by atoms with Crippen LogP contribution in [0, 0.1) is 5.92 Å². The van der Waals surface area contributed by atoms with Crippen LogP contribution in [0.4, 0.5) is 4.39 Å². The van der Waals surface area contributed by atoms with Crippen molar-refractivity contribution in [3.63, 3.8) is 0 Å². The third kappa shape index (κ3) is 4.51. The molecule has 154 valence electrons. The van der Waals surface area contributed by atoms with Crippen LogP contribution in [0.5, 0.6) is 0 Å². The van der Waals surface area contributed by atoms with Crippen molar-refractivity contribution in [1.82, 2.24) is 14.9 Å². The molecule has 1 unspecified atom stereocenters. The number of nitrogens with zero attached hydrogens (tertiary/aromatic N) is 2. The molecule has 1 aromatic carbocycles. The summed E-state index contributed by atoms with van der Waals surface area (Å²) in [6.45, 7) is 5.77. The van der Waals surface area contributed by atoms with Gasteiger partial charge < -0.3 is 9.88 Å². The molecule has 2 aliphatic rings. The number of hydrogen-bond acceptors (Lipinski definition) is 2. The van der Waals surface area contributed by atoms with E-state index in [1.165, 1.54) is 0 Å². The lowest BCUT2D eigenvalue weighted by Crippen LogP contribution is -2.59. The first-order valence-corrected chi connectivity index (χ1v) is 11.9. The number of rotatable bonds is 4. The molecule has 4 nitrogen and oxygen atoms in total. The average molecular weight is 525 g/mol. The third-order valence-electron chi connectivity index (χ3n) is 6.38. The summed E-state index contributed by atoms with van der Waals surface area (Å²) >= 11 is 2.42. The Morgan fingerprint density at radius 1 is 1.45 bits per heavy atom. The molecule has 2 aromatic rings. The van der Waals surface area contributed by atoms with Crippen molar-refractivity contribution in [2.75, 3.05) is 13.1 Å². The second kappa shape index (κ2) is 7.78. The zero-order valence-electron chi connectivity index (χ0n) is 17.0. The summed E-state index contributed by atoms with van der Waals surface area (Å²) in [5.41, 5.74) is 1.39. The zero-order valence-corrected chi connectivity index (χ0v) is 20.3. The van der Waals surface area contributed by atoms with Crippen molar-refractivity contribution in [1.29, 1.82) is 0 Å². The van der Waals surface area contributed by atoms with Gasteiger partial charge in [0.05, 0.1) is 25.9 Å². The number of halogens is 2. The van der Waals surface area contributed by atoms with Crippen LogP contribution in [0.1, 0.15) is 56.8 Å². The van der Waals surface area contributed by atoms with E-state index >= 15 is 0 Å². The predicted molar refractivity (Wildman–Crippen MR) is 128 cm³/mol. The summed E-state index contributed by atoms with van der Waals surface area (Å²) in [5, 5.41) is 0.983. The molecule has 2 atom stereocenters. The Morgan fingerprint density at radius 3 is 2.72 bits per heavy atom. The van der Waals surface area contributed by atoms with Crippen LogP contribution >= 0.6 is 31.8 Å². The van der Waals surface area contributed by atoms with Crippen LogP contribution in [0.25, 0.3) is 11.0 Å². The molecule has 1 aromatic heterocycles. The summed E-state index contributed by atoms with van der Waals surface area (Å²) < 4.78 is 14.0. The molecule has 1 aliphatic carbocycles. The molecule has 2 heterocycles. The summed E-state index contributed by atoms with van der Waals surface area (Å²) in [4.78, 5) is 23.0. The Labute approximate surface area is 188 Å². The van der Waals surface area contributed by atoms with E-state index in [4.69, 9.17) is 12.8 Å². The van der Waals surface area contributed by atoms with Gasteiger partial charge in [-0.2, -0.15) is 0 Å². The van der Waals surface area contributed by atoms with Gasteiger partial charge >= 0.3 is 0 Å². The summed E-state index contributed by atoms with van der Waals surface area (Å²) in [5.74, 6) is 1.32. The number of carbonyl (C=O) groups excluding carboxylic acids is 1. The molecule has 4 rings (SSSR count). The SMILES string of the molecule is [B]C1(F)CCC(Cc2nc3c(P)c([C@@H](C)C(=O)N4CC(C)(I)C4)ccc3[nH]2)CC1. The zero-order chi connectivity index (χ0) is 21.0. The minimum atomic E-state index is -1.50. The standard InChI is InChI=1S/C21H27BFIN3OP/c1-12(19(28)27-10-20(2,24)11-27)14-3-4-15-17(18(14)29)26-16(25-15)9-13-5-7-21(22,23)8-6-13/h3-4,12-13H,5-11,29H2,1-2H3,(H,25,26)/t12-,13?,21?/m1/s1. The Hall–Kier alpha value is -0.685. The topological polar surface area (TPSA) is 49.0 Å². The molecule has 0 spiro atoms. The minimum absolute atomic E-state index is 0.177. The van der Waals surface area contributed by atoms with Crippen molar-refractivity contribution in [2.45, 2.75) is 60.9 Å². The van der Waals surface area contributed by atoms with Gasteiger partial charge in [0.25, 0.3) is 0 Å². The van der Waals surface area contributed by atoms with Crippen molar-refractivity contribution in [3.8, 4) is 0 Å². The van der Waals surface area contributed by atoms with Gasteiger partial charge in [-0.3, -0.25) is 9.18 Å². The van der Waals surface area contributed by atoms with E-state index in [0.29, 0.717) is 18.8 Å². The fourth-order valence-corrected chi connectivity index (χ4v) is 5.97. The molecule has 1 amide bonds. The molecule has 8 heteroatoms. The molecular formula is C21H27BFIN3OP. The molecule has 1 aliphatic heterocycles. The highest BCUT2D eigenvalue weighted by molar-refractivity contribution is 14.1. The van der Waals surface area contributed by atoms with Crippen LogP contribution in [-0.2, 0) is 11.2 Å². The molecule has 0 bridgehead atoms. The summed E-state index contributed by atoms with van der Waals surface area (Å²) in [6, 6.07) is 4.05. The minimum Gasteiger partial charge on any atom is -0.342 e. The number of aromatic amines is 1. The number of benzene rings is 1. The van der Waals surface area contributed by atoms with E-state index in [1.807, 2.05) is 24.0 Å². The Bertz CT molecular complexity index is 929. The smallest absolute Gasteiger partial charge is 0.229 e. The quantitative estimate of drug-likeness (QED) is 0.286. The first kappa shape index (κ1) is 21.5. The monoisotopic (exact) mass is 525 g/mol. The highest BCUT2D eigenvalue weighted by Crippen LogP contribution is 2.35. The van der Waals surface area contributed by atoms with Crippen molar-refractivity contribution in [2.24, 2.45) is 5.92 Å². The number of amides is 1. The maximum Gasteiger partial charge on any atom is 0.229 e. The van der Waals surface area contributed by atoms with Crippen LogP contribution in [-0.4, -0.2) is 50.7 Å². The average Bonchev–Trinajstić information content (AvgIpc) is 3.04. The van der Waals surface area contributed by atoms with Crippen molar-refractivity contribution >= 4 is 61.9 Å². The fourth-order valence-electron chi connectivity index (χ4n) is 4.58. The highest BCUT2D eigenvalue weighted by atomic mass is 127. The lowest BCUT2D eigenvalue weighted by Gasteiger charge is -2.45. The molecule has 1 N–H and O–H groups in total. The number of carbonyl (C=O) groups is 1.